The molecule has 2 nitrogen and oxygen atoms in total. The minimum Gasteiger partial charge on any atom is -0.303 e. The first-order chi connectivity index (χ1) is 3.41. The quantitative estimate of drug-likeness (QED) is 0.236. The summed E-state index contributed by atoms with van der Waals surface area (Å²) in [5, 5.41) is 0. The molecular weight excluding hydrogens is 115 g/mol. The molecule has 8 heavy (non-hydrogen) atoms. The van der Waals surface area contributed by atoms with Crippen molar-refractivity contribution in [2.75, 3.05) is 0 Å². The van der Waals surface area contributed by atoms with E-state index in [4.69, 9.17) is 0 Å². The second kappa shape index (κ2) is 10.3. The van der Waals surface area contributed by atoms with Crippen molar-refractivity contribution in [2.24, 2.45) is 0 Å². The van der Waals surface area contributed by atoms with Crippen LogP contribution >= 0.6 is 0 Å². The Morgan fingerprint density at radius 2 is 1.38 bits per heavy atom. The van der Waals surface area contributed by atoms with Crippen molar-refractivity contribution in [1.29, 1.82) is 0 Å². The van der Waals surface area contributed by atoms with Crippen molar-refractivity contribution in [3.63, 3.8) is 0 Å². The van der Waals surface area contributed by atoms with Gasteiger partial charge in [-0.1, -0.05) is 0 Å². The van der Waals surface area contributed by atoms with Gasteiger partial charge in [-0.15, -0.1) is 0 Å². The molecular formula is C5H8NaO2+. The zero-order chi connectivity index (χ0) is 5.54. The summed E-state index contributed by atoms with van der Waals surface area (Å²) in [7, 11) is 0. The van der Waals surface area contributed by atoms with Gasteiger partial charge in [-0.3, -0.25) is 0 Å². The van der Waals surface area contributed by atoms with Crippen LogP contribution < -0.4 is 29.6 Å². The van der Waals surface area contributed by atoms with E-state index < -0.39 is 0 Å². The predicted octanol–water partition coefficient (Wildman–Crippen LogP) is -2.44. The largest absolute Gasteiger partial charge is 1.00 e. The van der Waals surface area contributed by atoms with E-state index in [0.29, 0.717) is 19.3 Å². The van der Waals surface area contributed by atoms with Crippen molar-refractivity contribution < 1.29 is 39.1 Å². The average Bonchev–Trinajstić information content (AvgIpc) is 1.69. The van der Waals surface area contributed by atoms with Crippen molar-refractivity contribution >= 4 is 12.6 Å². The Bertz CT molecular complexity index is 55.4. The van der Waals surface area contributed by atoms with E-state index >= 15 is 0 Å². The molecule has 3 heteroatoms. The van der Waals surface area contributed by atoms with Crippen molar-refractivity contribution in [1.82, 2.24) is 0 Å². The molecule has 0 saturated carbocycles. The van der Waals surface area contributed by atoms with E-state index in [9.17, 15) is 9.59 Å². The van der Waals surface area contributed by atoms with E-state index in [-0.39, 0.29) is 29.6 Å². The van der Waals surface area contributed by atoms with Crippen molar-refractivity contribution in [2.45, 2.75) is 19.3 Å². The van der Waals surface area contributed by atoms with Gasteiger partial charge in [-0.2, -0.15) is 0 Å². The molecule has 40 valence electrons. The van der Waals surface area contributed by atoms with Gasteiger partial charge in [-0.25, -0.2) is 0 Å². The molecule has 0 saturated heterocycles. The predicted molar refractivity (Wildman–Crippen MR) is 26.0 cm³/mol. The second-order valence-corrected chi connectivity index (χ2v) is 1.26. The van der Waals surface area contributed by atoms with Crippen LogP contribution in [0.15, 0.2) is 0 Å². The van der Waals surface area contributed by atoms with E-state index in [0.717, 1.165) is 12.6 Å². The van der Waals surface area contributed by atoms with E-state index in [1.165, 1.54) is 0 Å². The number of hydrogen-bond donors (Lipinski definition) is 0. The van der Waals surface area contributed by atoms with Gasteiger partial charge in [0, 0.05) is 12.8 Å². The molecule has 0 aliphatic heterocycles. The van der Waals surface area contributed by atoms with Crippen LogP contribution in [-0.4, -0.2) is 12.6 Å². The van der Waals surface area contributed by atoms with Gasteiger partial charge in [-0.05, 0) is 6.42 Å². The maximum Gasteiger partial charge on any atom is 1.00 e. The minimum atomic E-state index is 0. The molecule has 0 aromatic heterocycles. The van der Waals surface area contributed by atoms with Crippen LogP contribution in [0.25, 0.3) is 0 Å². The zero-order valence-corrected chi connectivity index (χ0v) is 7.09. The second-order valence-electron chi connectivity index (χ2n) is 1.26. The Hall–Kier alpha value is 0.340. The third-order valence-electron chi connectivity index (χ3n) is 0.644. The number of carbonyl (C=O) groups excluding carboxylic acids is 2. The van der Waals surface area contributed by atoms with Crippen LogP contribution in [0.5, 0.6) is 0 Å². The third-order valence-corrected chi connectivity index (χ3v) is 0.644. The molecule has 0 spiro atoms. The van der Waals surface area contributed by atoms with Crippen LogP contribution in [0.2, 0.25) is 0 Å². The fourth-order valence-electron chi connectivity index (χ4n) is 0.285. The van der Waals surface area contributed by atoms with E-state index in [1.807, 2.05) is 0 Å². The molecule has 0 aliphatic rings. The average molecular weight is 123 g/mol. The molecule has 0 aromatic carbocycles. The molecule has 0 heterocycles. The van der Waals surface area contributed by atoms with E-state index in [2.05, 4.69) is 0 Å². The topological polar surface area (TPSA) is 34.1 Å². The summed E-state index contributed by atoms with van der Waals surface area (Å²) in [6, 6.07) is 0. The van der Waals surface area contributed by atoms with Crippen LogP contribution in [-0.2, 0) is 9.59 Å². The van der Waals surface area contributed by atoms with Gasteiger partial charge in [0.25, 0.3) is 0 Å². The molecule has 0 bridgehead atoms. The van der Waals surface area contributed by atoms with E-state index in [1.54, 1.807) is 0 Å². The van der Waals surface area contributed by atoms with Gasteiger partial charge >= 0.3 is 29.6 Å². The summed E-state index contributed by atoms with van der Waals surface area (Å²) < 4.78 is 0. The fraction of sp³-hybridized carbons (Fsp3) is 0.600. The molecule has 0 amide bonds. The summed E-state index contributed by atoms with van der Waals surface area (Å²) in [5.74, 6) is 0. The molecule has 0 N–H and O–H groups in total. The maximum absolute atomic E-state index is 9.56. The van der Waals surface area contributed by atoms with Gasteiger partial charge < -0.3 is 9.59 Å². The Labute approximate surface area is 70.9 Å². The number of unbranched alkanes of at least 4 members (excludes halogenated alkanes) is 2. The van der Waals surface area contributed by atoms with Gasteiger partial charge in [0.05, 0.1) is 0 Å². The normalized spacial score (nSPS) is 7.00. The molecule has 0 radical (unpaired) electrons. The first kappa shape index (κ1) is 11.2. The smallest absolute Gasteiger partial charge is 0.303 e. The molecule has 0 aliphatic carbocycles. The third kappa shape index (κ3) is 9.60. The van der Waals surface area contributed by atoms with Crippen LogP contribution in [0.4, 0.5) is 0 Å². The Morgan fingerprint density at radius 3 is 1.62 bits per heavy atom. The van der Waals surface area contributed by atoms with Crippen LogP contribution in [0.1, 0.15) is 19.3 Å². The zero-order valence-electron chi connectivity index (χ0n) is 5.09. The molecule has 0 aromatic rings. The van der Waals surface area contributed by atoms with Gasteiger partial charge in [0.1, 0.15) is 12.6 Å². The summed E-state index contributed by atoms with van der Waals surface area (Å²) in [6.07, 6.45) is 3.37. The summed E-state index contributed by atoms with van der Waals surface area (Å²) in [4.78, 5) is 19.1. The minimum absolute atomic E-state index is 0. The summed E-state index contributed by atoms with van der Waals surface area (Å²) in [6.45, 7) is 0. The van der Waals surface area contributed by atoms with Gasteiger partial charge in [0.2, 0.25) is 0 Å². The van der Waals surface area contributed by atoms with Crippen molar-refractivity contribution in [3.05, 3.63) is 0 Å². The molecule has 0 rings (SSSR count). The Kier molecular flexibility index (Phi) is 14.5. The summed E-state index contributed by atoms with van der Waals surface area (Å²) >= 11 is 0. The summed E-state index contributed by atoms with van der Waals surface area (Å²) in [5.41, 5.74) is 0. The molecule has 0 fully saturated rings. The number of hydrogen-bond acceptors (Lipinski definition) is 2. The first-order valence-corrected chi connectivity index (χ1v) is 2.29. The Morgan fingerprint density at radius 1 is 1.00 bits per heavy atom. The van der Waals surface area contributed by atoms with Crippen LogP contribution in [0, 0.1) is 0 Å². The monoisotopic (exact) mass is 123 g/mol. The fourth-order valence-corrected chi connectivity index (χ4v) is 0.285. The number of rotatable bonds is 4. The number of carbonyl (C=O) groups is 2. The molecule has 0 unspecified atom stereocenters. The Balaban J connectivity index is 0. The van der Waals surface area contributed by atoms with Crippen LogP contribution in [0.3, 0.4) is 0 Å². The van der Waals surface area contributed by atoms with Gasteiger partial charge in [0.15, 0.2) is 0 Å². The standard InChI is InChI=1S/C5H8O2.Na/c6-4-2-1-3-5-7;/h4-5H,1-3H2;/q;+1. The van der Waals surface area contributed by atoms with Crippen molar-refractivity contribution in [3.8, 4) is 0 Å². The SMILES string of the molecule is O=CCCCC=O.[Na+]. The number of aldehydes is 2. The maximum atomic E-state index is 9.56. The molecule has 0 atom stereocenters. The first-order valence-electron chi connectivity index (χ1n) is 2.29.